The third kappa shape index (κ3) is 3.03. The molecule has 2 rings (SSSR count). The predicted octanol–water partition coefficient (Wildman–Crippen LogP) is 2.68. The Bertz CT molecular complexity index is 447. The van der Waals surface area contributed by atoms with E-state index in [4.69, 9.17) is 11.6 Å². The van der Waals surface area contributed by atoms with E-state index in [9.17, 15) is 9.90 Å². The molecule has 0 unspecified atom stereocenters. The number of nitrogens with one attached hydrogen (secondary N) is 1. The van der Waals surface area contributed by atoms with Gasteiger partial charge in [0.2, 0.25) is 0 Å². The fraction of sp³-hybridized carbons (Fsp3) is 0.500. The third-order valence-electron chi connectivity index (χ3n) is 3.48. The SMILES string of the molecule is Cc1ccc(C(=O)N[C@@H]2CCCC[C@H]2O)cc1Cl. The Hall–Kier alpha value is -1.06. The highest BCUT2D eigenvalue weighted by molar-refractivity contribution is 6.31. The molecule has 1 saturated carbocycles. The maximum absolute atomic E-state index is 12.0. The number of aryl methyl sites for hydroxylation is 1. The second-order valence-electron chi connectivity index (χ2n) is 4.90. The lowest BCUT2D eigenvalue weighted by molar-refractivity contribution is 0.0717. The fourth-order valence-electron chi connectivity index (χ4n) is 2.27. The maximum atomic E-state index is 12.0. The van der Waals surface area contributed by atoms with Gasteiger partial charge < -0.3 is 10.4 Å². The number of halogens is 1. The molecule has 0 bridgehead atoms. The van der Waals surface area contributed by atoms with Gasteiger partial charge in [-0.15, -0.1) is 0 Å². The normalized spacial score (nSPS) is 23.7. The van der Waals surface area contributed by atoms with Crippen molar-refractivity contribution in [3.63, 3.8) is 0 Å². The molecule has 0 aliphatic heterocycles. The molecule has 1 amide bonds. The summed E-state index contributed by atoms with van der Waals surface area (Å²) in [6.45, 7) is 1.90. The minimum absolute atomic E-state index is 0.133. The average Bonchev–Trinajstić information content (AvgIpc) is 2.35. The summed E-state index contributed by atoms with van der Waals surface area (Å²) in [6.07, 6.45) is 3.26. The summed E-state index contributed by atoms with van der Waals surface area (Å²) in [5.74, 6) is -0.164. The summed E-state index contributed by atoms with van der Waals surface area (Å²) in [7, 11) is 0. The molecule has 18 heavy (non-hydrogen) atoms. The lowest BCUT2D eigenvalue weighted by Gasteiger charge is -2.28. The van der Waals surface area contributed by atoms with Crippen molar-refractivity contribution < 1.29 is 9.90 Å². The molecule has 1 aliphatic rings. The minimum atomic E-state index is -0.427. The van der Waals surface area contributed by atoms with Crippen molar-refractivity contribution >= 4 is 17.5 Å². The average molecular weight is 268 g/mol. The molecular formula is C14H18ClNO2. The van der Waals surface area contributed by atoms with Gasteiger partial charge in [0.1, 0.15) is 0 Å². The lowest BCUT2D eigenvalue weighted by atomic mass is 9.92. The largest absolute Gasteiger partial charge is 0.391 e. The van der Waals surface area contributed by atoms with E-state index < -0.39 is 6.10 Å². The van der Waals surface area contributed by atoms with Crippen LogP contribution in [0.2, 0.25) is 5.02 Å². The number of aliphatic hydroxyl groups excluding tert-OH is 1. The Morgan fingerprint density at radius 1 is 1.39 bits per heavy atom. The number of benzene rings is 1. The van der Waals surface area contributed by atoms with Crippen LogP contribution in [0.3, 0.4) is 0 Å². The van der Waals surface area contributed by atoms with Crippen molar-refractivity contribution in [3.05, 3.63) is 34.3 Å². The molecule has 1 fully saturated rings. The first-order valence-corrected chi connectivity index (χ1v) is 6.71. The van der Waals surface area contributed by atoms with E-state index in [1.165, 1.54) is 0 Å². The number of rotatable bonds is 2. The Labute approximate surface area is 112 Å². The number of amides is 1. The maximum Gasteiger partial charge on any atom is 0.251 e. The molecule has 0 aromatic heterocycles. The highest BCUT2D eigenvalue weighted by atomic mass is 35.5. The van der Waals surface area contributed by atoms with E-state index in [1.54, 1.807) is 12.1 Å². The van der Waals surface area contributed by atoms with Crippen LogP contribution in [0.4, 0.5) is 0 Å². The van der Waals surface area contributed by atoms with Crippen molar-refractivity contribution in [2.75, 3.05) is 0 Å². The Kier molecular flexibility index (Phi) is 4.25. The van der Waals surface area contributed by atoms with Gasteiger partial charge in [-0.25, -0.2) is 0 Å². The quantitative estimate of drug-likeness (QED) is 0.866. The second-order valence-corrected chi connectivity index (χ2v) is 5.30. The Balaban J connectivity index is 2.04. The first kappa shape index (κ1) is 13.4. The molecule has 98 valence electrons. The second kappa shape index (κ2) is 5.72. The van der Waals surface area contributed by atoms with Crippen LogP contribution in [0.5, 0.6) is 0 Å². The van der Waals surface area contributed by atoms with Gasteiger partial charge in [0, 0.05) is 10.6 Å². The van der Waals surface area contributed by atoms with Crippen LogP contribution in [-0.4, -0.2) is 23.2 Å². The zero-order valence-electron chi connectivity index (χ0n) is 10.4. The topological polar surface area (TPSA) is 49.3 Å². The molecular weight excluding hydrogens is 250 g/mol. The number of carbonyl (C=O) groups excluding carboxylic acids is 1. The smallest absolute Gasteiger partial charge is 0.251 e. The van der Waals surface area contributed by atoms with Crippen molar-refractivity contribution in [3.8, 4) is 0 Å². The molecule has 1 aromatic carbocycles. The predicted molar refractivity (Wildman–Crippen MR) is 71.9 cm³/mol. The lowest BCUT2D eigenvalue weighted by Crippen LogP contribution is -2.45. The van der Waals surface area contributed by atoms with Crippen molar-refractivity contribution in [1.82, 2.24) is 5.32 Å². The summed E-state index contributed by atoms with van der Waals surface area (Å²) < 4.78 is 0. The first-order chi connectivity index (χ1) is 8.58. The zero-order chi connectivity index (χ0) is 13.1. The van der Waals surface area contributed by atoms with Gasteiger partial charge in [0.15, 0.2) is 0 Å². The Morgan fingerprint density at radius 2 is 2.11 bits per heavy atom. The molecule has 1 aliphatic carbocycles. The van der Waals surface area contributed by atoms with Gasteiger partial charge in [-0.1, -0.05) is 30.5 Å². The summed E-state index contributed by atoms with van der Waals surface area (Å²) in [5, 5.41) is 13.3. The van der Waals surface area contributed by atoms with Crippen LogP contribution in [0, 0.1) is 6.92 Å². The minimum Gasteiger partial charge on any atom is -0.391 e. The highest BCUT2D eigenvalue weighted by Gasteiger charge is 2.24. The van der Waals surface area contributed by atoms with Crippen molar-refractivity contribution in [1.29, 1.82) is 0 Å². The van der Waals surface area contributed by atoms with Gasteiger partial charge >= 0.3 is 0 Å². The van der Waals surface area contributed by atoms with Crippen LogP contribution in [0.25, 0.3) is 0 Å². The molecule has 0 saturated heterocycles. The molecule has 1 aromatic rings. The first-order valence-electron chi connectivity index (χ1n) is 6.33. The standard InChI is InChI=1S/C14H18ClNO2/c1-9-6-7-10(8-11(9)15)14(18)16-12-4-2-3-5-13(12)17/h6-8,12-13,17H,2-5H2,1H3,(H,16,18)/t12-,13-/m1/s1. The molecule has 3 nitrogen and oxygen atoms in total. The van der Waals surface area contributed by atoms with Crippen LogP contribution in [-0.2, 0) is 0 Å². The van der Waals surface area contributed by atoms with E-state index in [1.807, 2.05) is 13.0 Å². The number of carbonyl (C=O) groups is 1. The zero-order valence-corrected chi connectivity index (χ0v) is 11.2. The van der Waals surface area contributed by atoms with Gasteiger partial charge in [-0.05, 0) is 37.5 Å². The third-order valence-corrected chi connectivity index (χ3v) is 3.89. The Morgan fingerprint density at radius 3 is 2.78 bits per heavy atom. The van der Waals surface area contributed by atoms with Crippen LogP contribution >= 0.6 is 11.6 Å². The number of hydrogen-bond donors (Lipinski definition) is 2. The van der Waals surface area contributed by atoms with E-state index >= 15 is 0 Å². The molecule has 4 heteroatoms. The highest BCUT2D eigenvalue weighted by Crippen LogP contribution is 2.20. The summed E-state index contributed by atoms with van der Waals surface area (Å²) in [4.78, 5) is 12.0. The van der Waals surface area contributed by atoms with Crippen LogP contribution < -0.4 is 5.32 Å². The van der Waals surface area contributed by atoms with E-state index in [0.717, 1.165) is 31.2 Å². The van der Waals surface area contributed by atoms with Crippen LogP contribution in [0.1, 0.15) is 41.6 Å². The summed E-state index contributed by atoms with van der Waals surface area (Å²) in [5.41, 5.74) is 1.49. The van der Waals surface area contributed by atoms with Gasteiger partial charge in [0.05, 0.1) is 12.1 Å². The van der Waals surface area contributed by atoms with Crippen LogP contribution in [0.15, 0.2) is 18.2 Å². The van der Waals surface area contributed by atoms with E-state index in [2.05, 4.69) is 5.32 Å². The van der Waals surface area contributed by atoms with Gasteiger partial charge in [0.25, 0.3) is 5.91 Å². The number of aliphatic hydroxyl groups is 1. The number of hydrogen-bond acceptors (Lipinski definition) is 2. The fourth-order valence-corrected chi connectivity index (χ4v) is 2.45. The molecule has 2 atom stereocenters. The van der Waals surface area contributed by atoms with Crippen molar-refractivity contribution in [2.24, 2.45) is 0 Å². The van der Waals surface area contributed by atoms with E-state index in [0.29, 0.717) is 10.6 Å². The monoisotopic (exact) mass is 267 g/mol. The summed E-state index contributed by atoms with van der Waals surface area (Å²) >= 11 is 6.00. The van der Waals surface area contributed by atoms with Crippen molar-refractivity contribution in [2.45, 2.75) is 44.8 Å². The summed E-state index contributed by atoms with van der Waals surface area (Å²) in [6, 6.07) is 5.12. The van der Waals surface area contributed by atoms with Gasteiger partial charge in [-0.3, -0.25) is 4.79 Å². The van der Waals surface area contributed by atoms with E-state index in [-0.39, 0.29) is 11.9 Å². The molecule has 2 N–H and O–H groups in total. The molecule has 0 spiro atoms. The molecule has 0 heterocycles. The van der Waals surface area contributed by atoms with Gasteiger partial charge in [-0.2, -0.15) is 0 Å². The molecule has 0 radical (unpaired) electrons.